The minimum Gasteiger partial charge on any atom is -0.379 e. The highest BCUT2D eigenvalue weighted by Gasteiger charge is 2.35. The van der Waals surface area contributed by atoms with Crippen molar-refractivity contribution in [3.05, 3.63) is 22.4 Å². The molecule has 19 heavy (non-hydrogen) atoms. The first-order chi connectivity index (χ1) is 9.14. The molecule has 1 aliphatic rings. The first-order valence-electron chi connectivity index (χ1n) is 7.22. The molecular formula is C15H26N2OS. The molecule has 0 radical (unpaired) electrons. The van der Waals surface area contributed by atoms with Gasteiger partial charge in [0.05, 0.1) is 13.2 Å². The van der Waals surface area contributed by atoms with Crippen LogP contribution in [0, 0.1) is 0 Å². The standard InChI is InChI=1S/C15H26N2OS/c1-4-16-14(11-13-5-10-19-12-13)15(2,3)17-6-8-18-9-7-17/h5,10,12,14,16H,4,6-9,11H2,1-3H3. The maximum absolute atomic E-state index is 5.48. The van der Waals surface area contributed by atoms with Crippen LogP contribution in [0.3, 0.4) is 0 Å². The van der Waals surface area contributed by atoms with Crippen molar-refractivity contribution in [2.45, 2.75) is 38.8 Å². The molecule has 0 spiro atoms. The lowest BCUT2D eigenvalue weighted by atomic mass is 9.87. The third-order valence-electron chi connectivity index (χ3n) is 4.15. The number of ether oxygens (including phenoxy) is 1. The van der Waals surface area contributed by atoms with Crippen LogP contribution in [0.4, 0.5) is 0 Å². The molecule has 1 aromatic heterocycles. The molecule has 4 heteroatoms. The lowest BCUT2D eigenvalue weighted by molar-refractivity contribution is -0.0230. The predicted octanol–water partition coefficient (Wildman–Crippen LogP) is 2.38. The molecule has 1 atom stereocenters. The fourth-order valence-corrected chi connectivity index (χ4v) is 3.50. The molecule has 2 heterocycles. The van der Waals surface area contributed by atoms with Gasteiger partial charge in [0, 0.05) is 24.7 Å². The zero-order chi connectivity index (χ0) is 13.7. The lowest BCUT2D eigenvalue weighted by Gasteiger charge is -2.46. The second-order valence-electron chi connectivity index (χ2n) is 5.70. The number of rotatable bonds is 6. The highest BCUT2D eigenvalue weighted by molar-refractivity contribution is 7.07. The molecule has 0 saturated carbocycles. The van der Waals surface area contributed by atoms with Gasteiger partial charge < -0.3 is 10.1 Å². The van der Waals surface area contributed by atoms with E-state index in [-0.39, 0.29) is 5.54 Å². The number of morpholine rings is 1. The topological polar surface area (TPSA) is 24.5 Å². The zero-order valence-corrected chi connectivity index (χ0v) is 13.1. The number of likely N-dealkylation sites (N-methyl/N-ethyl adjacent to an activating group) is 1. The van der Waals surface area contributed by atoms with Crippen molar-refractivity contribution >= 4 is 11.3 Å². The van der Waals surface area contributed by atoms with Gasteiger partial charge in [-0.3, -0.25) is 4.90 Å². The Morgan fingerprint density at radius 3 is 2.74 bits per heavy atom. The van der Waals surface area contributed by atoms with Gasteiger partial charge in [-0.05, 0) is 49.2 Å². The number of thiophene rings is 1. The highest BCUT2D eigenvalue weighted by atomic mass is 32.1. The van der Waals surface area contributed by atoms with Crippen molar-refractivity contribution in [1.29, 1.82) is 0 Å². The maximum Gasteiger partial charge on any atom is 0.0594 e. The number of nitrogens with one attached hydrogen (secondary N) is 1. The van der Waals surface area contributed by atoms with E-state index in [1.54, 1.807) is 11.3 Å². The first-order valence-corrected chi connectivity index (χ1v) is 8.16. The van der Waals surface area contributed by atoms with Gasteiger partial charge in [-0.1, -0.05) is 6.92 Å². The second kappa shape index (κ2) is 6.84. The van der Waals surface area contributed by atoms with E-state index >= 15 is 0 Å². The summed E-state index contributed by atoms with van der Waals surface area (Å²) in [5.74, 6) is 0. The van der Waals surface area contributed by atoms with Crippen LogP contribution in [-0.4, -0.2) is 49.3 Å². The van der Waals surface area contributed by atoms with Gasteiger partial charge >= 0.3 is 0 Å². The van der Waals surface area contributed by atoms with Crippen molar-refractivity contribution in [3.8, 4) is 0 Å². The normalized spacial score (nSPS) is 19.5. The average molecular weight is 282 g/mol. The van der Waals surface area contributed by atoms with E-state index in [4.69, 9.17) is 4.74 Å². The summed E-state index contributed by atoms with van der Waals surface area (Å²) in [4.78, 5) is 2.57. The first kappa shape index (κ1) is 15.0. The lowest BCUT2D eigenvalue weighted by Crippen LogP contribution is -2.61. The zero-order valence-electron chi connectivity index (χ0n) is 12.3. The van der Waals surface area contributed by atoms with Gasteiger partial charge in [-0.2, -0.15) is 11.3 Å². The third-order valence-corrected chi connectivity index (χ3v) is 4.88. The minimum atomic E-state index is 0.154. The molecule has 0 amide bonds. The van der Waals surface area contributed by atoms with E-state index in [1.807, 2.05) is 0 Å². The molecule has 3 nitrogen and oxygen atoms in total. The summed E-state index contributed by atoms with van der Waals surface area (Å²) in [6.07, 6.45) is 1.10. The Morgan fingerprint density at radius 2 is 2.16 bits per heavy atom. The summed E-state index contributed by atoms with van der Waals surface area (Å²) in [5.41, 5.74) is 1.60. The van der Waals surface area contributed by atoms with E-state index in [9.17, 15) is 0 Å². The quantitative estimate of drug-likeness (QED) is 0.867. The van der Waals surface area contributed by atoms with E-state index in [1.165, 1.54) is 5.56 Å². The van der Waals surface area contributed by atoms with Crippen molar-refractivity contribution in [1.82, 2.24) is 10.2 Å². The SMILES string of the molecule is CCNC(Cc1ccsc1)C(C)(C)N1CCOCC1. The number of hydrogen-bond donors (Lipinski definition) is 1. The molecule has 0 aliphatic carbocycles. The van der Waals surface area contributed by atoms with Crippen LogP contribution in [0.5, 0.6) is 0 Å². The monoisotopic (exact) mass is 282 g/mol. The molecule has 1 aromatic rings. The summed E-state index contributed by atoms with van der Waals surface area (Å²) >= 11 is 1.78. The summed E-state index contributed by atoms with van der Waals surface area (Å²) in [6, 6.07) is 2.72. The maximum atomic E-state index is 5.48. The smallest absolute Gasteiger partial charge is 0.0594 e. The van der Waals surface area contributed by atoms with E-state index < -0.39 is 0 Å². The van der Waals surface area contributed by atoms with Gasteiger partial charge in [0.25, 0.3) is 0 Å². The molecule has 0 bridgehead atoms. The summed E-state index contributed by atoms with van der Waals surface area (Å²) in [6.45, 7) is 11.7. The third kappa shape index (κ3) is 3.78. The van der Waals surface area contributed by atoms with Crippen LogP contribution in [0.1, 0.15) is 26.3 Å². The van der Waals surface area contributed by atoms with E-state index in [2.05, 4.69) is 47.8 Å². The molecule has 108 valence electrons. The van der Waals surface area contributed by atoms with Crippen LogP contribution >= 0.6 is 11.3 Å². The van der Waals surface area contributed by atoms with Crippen molar-refractivity contribution in [2.75, 3.05) is 32.8 Å². The molecule has 1 aliphatic heterocycles. The van der Waals surface area contributed by atoms with Crippen LogP contribution < -0.4 is 5.32 Å². The Kier molecular flexibility index (Phi) is 5.39. The summed E-state index contributed by atoms with van der Waals surface area (Å²) in [7, 11) is 0. The molecule has 1 unspecified atom stereocenters. The number of nitrogens with zero attached hydrogens (tertiary/aromatic N) is 1. The van der Waals surface area contributed by atoms with E-state index in [0.29, 0.717) is 6.04 Å². The van der Waals surface area contributed by atoms with Crippen molar-refractivity contribution in [3.63, 3.8) is 0 Å². The van der Waals surface area contributed by atoms with Crippen LogP contribution in [0.2, 0.25) is 0 Å². The Balaban J connectivity index is 2.06. The molecule has 2 rings (SSSR count). The molecule has 0 aromatic carbocycles. The minimum absolute atomic E-state index is 0.154. The van der Waals surface area contributed by atoms with Gasteiger partial charge in [-0.15, -0.1) is 0 Å². The Bertz CT molecular complexity index is 358. The predicted molar refractivity (Wildman–Crippen MR) is 82.0 cm³/mol. The Hall–Kier alpha value is -0.420. The summed E-state index contributed by atoms with van der Waals surface area (Å²) < 4.78 is 5.48. The van der Waals surface area contributed by atoms with E-state index in [0.717, 1.165) is 39.3 Å². The van der Waals surface area contributed by atoms with Gasteiger partial charge in [-0.25, -0.2) is 0 Å². The highest BCUT2D eigenvalue weighted by Crippen LogP contribution is 2.24. The largest absolute Gasteiger partial charge is 0.379 e. The number of hydrogen-bond acceptors (Lipinski definition) is 4. The Labute approximate surface area is 121 Å². The molecule has 1 fully saturated rings. The fourth-order valence-electron chi connectivity index (χ4n) is 2.82. The molecule has 1 N–H and O–H groups in total. The Morgan fingerprint density at radius 1 is 1.42 bits per heavy atom. The van der Waals surface area contributed by atoms with Gasteiger partial charge in [0.1, 0.15) is 0 Å². The van der Waals surface area contributed by atoms with Gasteiger partial charge in [0.2, 0.25) is 0 Å². The van der Waals surface area contributed by atoms with Crippen molar-refractivity contribution < 1.29 is 4.74 Å². The van der Waals surface area contributed by atoms with Gasteiger partial charge in [0.15, 0.2) is 0 Å². The van der Waals surface area contributed by atoms with Crippen LogP contribution in [0.15, 0.2) is 16.8 Å². The summed E-state index contributed by atoms with van der Waals surface area (Å²) in [5, 5.41) is 8.11. The average Bonchev–Trinajstić information content (AvgIpc) is 2.92. The van der Waals surface area contributed by atoms with Crippen LogP contribution in [0.25, 0.3) is 0 Å². The van der Waals surface area contributed by atoms with Crippen molar-refractivity contribution in [2.24, 2.45) is 0 Å². The fraction of sp³-hybridized carbons (Fsp3) is 0.733. The molecule has 1 saturated heterocycles. The molecular weight excluding hydrogens is 256 g/mol. The van der Waals surface area contributed by atoms with Crippen LogP contribution in [-0.2, 0) is 11.2 Å². The second-order valence-corrected chi connectivity index (χ2v) is 6.48.